The van der Waals surface area contributed by atoms with Crippen molar-refractivity contribution in [2.45, 2.75) is 6.37 Å². The Morgan fingerprint density at radius 2 is 2.57 bits per heavy atom. The van der Waals surface area contributed by atoms with Crippen molar-refractivity contribution in [2.75, 3.05) is 37.9 Å². The molecule has 1 N–H and O–H groups in total. The van der Waals surface area contributed by atoms with Gasteiger partial charge in [-0.3, -0.25) is 4.57 Å². The minimum Gasteiger partial charge on any atom is -0.306 e. The molecule has 0 aromatic heterocycles. The van der Waals surface area contributed by atoms with Gasteiger partial charge in [0.15, 0.2) is 0 Å². The summed E-state index contributed by atoms with van der Waals surface area (Å²) in [5.41, 5.74) is 0. The number of hydrogen-bond donors (Lipinski definition) is 1. The van der Waals surface area contributed by atoms with Gasteiger partial charge in [-0.1, -0.05) is 0 Å². The first-order chi connectivity index (χ1) is 9.23. The summed E-state index contributed by atoms with van der Waals surface area (Å²) in [6.07, 6.45) is -1.92. The van der Waals surface area contributed by atoms with E-state index >= 15 is 0 Å². The lowest BCUT2D eigenvalue weighted by Crippen LogP contribution is -2.35. The molecule has 0 aromatic rings. The maximum Gasteiger partial charge on any atom is 0.343 e. The molecule has 0 bridgehead atoms. The highest BCUT2D eigenvalue weighted by atomic mass is 35.5. The molecule has 1 rings (SSSR count). The van der Waals surface area contributed by atoms with Crippen LogP contribution >= 0.6 is 30.9 Å². The number of rotatable bonds is 5. The van der Waals surface area contributed by atoms with Crippen molar-refractivity contribution in [3.63, 3.8) is 0 Å². The maximum absolute atomic E-state index is 12.8. The molecule has 1 atom stereocenters. The predicted octanol–water partition coefficient (Wildman–Crippen LogP) is 1.88. The van der Waals surface area contributed by atoms with Crippen LogP contribution in [0.1, 0.15) is 14.6 Å². The Morgan fingerprint density at radius 3 is 3.14 bits per heavy atom. The summed E-state index contributed by atoms with van der Waals surface area (Å²) in [7, 11) is -4.32. The van der Waals surface area contributed by atoms with Crippen molar-refractivity contribution in [3.8, 4) is 0 Å². The van der Waals surface area contributed by atoms with Crippen LogP contribution in [0.4, 0.5) is 0 Å². The Bertz CT molecular complexity index is 436. The van der Waals surface area contributed by atoms with Gasteiger partial charge in [-0.15, -0.1) is 23.2 Å². The van der Waals surface area contributed by atoms with Gasteiger partial charge in [-0.2, -0.15) is 0 Å². The predicted molar refractivity (Wildman–Crippen MR) is 59.2 cm³/mol. The first-order valence-corrected chi connectivity index (χ1v) is 6.22. The van der Waals surface area contributed by atoms with Crippen LogP contribution in [0.15, 0.2) is 0 Å². The van der Waals surface area contributed by atoms with E-state index in [1.54, 1.807) is 0 Å². The van der Waals surface area contributed by atoms with E-state index < -0.39 is 51.9 Å². The SMILES string of the molecule is [2H]N1CC([2H])([2H])COP1(=O)N(CC([2H])([2H])Cl)C([2H])([2H])CCl. The maximum atomic E-state index is 12.8. The van der Waals surface area contributed by atoms with Crippen LogP contribution in [0.5, 0.6) is 0 Å². The van der Waals surface area contributed by atoms with Crippen molar-refractivity contribution >= 4 is 30.9 Å². The van der Waals surface area contributed by atoms with Gasteiger partial charge in [0.2, 0.25) is 0 Å². The summed E-state index contributed by atoms with van der Waals surface area (Å²) in [6, 6.07) is 0. The third-order valence-electron chi connectivity index (χ3n) is 1.45. The number of nitrogens with zero attached hydrogens (tertiary/aromatic N) is 1. The topological polar surface area (TPSA) is 41.6 Å². The quantitative estimate of drug-likeness (QED) is 0.610. The first-order valence-electron chi connectivity index (χ1n) is 7.23. The Balaban J connectivity index is 3.16. The third kappa shape index (κ3) is 3.37. The summed E-state index contributed by atoms with van der Waals surface area (Å²) >= 11 is 10.9. The highest BCUT2D eigenvalue weighted by Crippen LogP contribution is 2.47. The molecule has 0 aliphatic carbocycles. The summed E-state index contributed by atoms with van der Waals surface area (Å²) in [6.45, 7) is -4.49. The van der Waals surface area contributed by atoms with Gasteiger partial charge >= 0.3 is 7.67 Å². The van der Waals surface area contributed by atoms with Gasteiger partial charge in [-0.25, -0.2) is 9.75 Å². The molecular weight excluding hydrogens is 246 g/mol. The van der Waals surface area contributed by atoms with Crippen molar-refractivity contribution < 1.29 is 18.7 Å². The Hall–Kier alpha value is 0.690. The Morgan fingerprint density at radius 1 is 1.79 bits per heavy atom. The lowest BCUT2D eigenvalue weighted by Gasteiger charge is -2.33. The fourth-order valence-electron chi connectivity index (χ4n) is 0.862. The monoisotopic (exact) mass is 267 g/mol. The molecule has 7 heteroatoms. The van der Waals surface area contributed by atoms with Crippen molar-refractivity contribution in [1.29, 1.82) is 0 Å². The standard InChI is InChI=1S/C7H15Cl2N2O2P/c8-2-5-11(6-3-9)14(12)10-4-1-7-13-14/h1-7H2,(H,10,12)/i1D2,2D2,6D2/hD. The average Bonchev–Trinajstić information content (AvgIpc) is 2.30. The second kappa shape index (κ2) is 6.31. The number of nitrogens with one attached hydrogen (secondary N) is 1. The molecule has 0 aromatic carbocycles. The molecule has 1 aliphatic rings. The minimum absolute atomic E-state index is 0.295. The molecule has 1 fully saturated rings. The van der Waals surface area contributed by atoms with E-state index in [-0.39, 0.29) is 0 Å². The smallest absolute Gasteiger partial charge is 0.306 e. The minimum atomic E-state index is -4.32. The fourth-order valence-corrected chi connectivity index (χ4v) is 2.70. The fraction of sp³-hybridized carbons (Fsp3) is 1.00. The molecule has 4 nitrogen and oxygen atoms in total. The van der Waals surface area contributed by atoms with E-state index in [0.717, 1.165) is 0 Å². The number of halogens is 2. The second-order valence-corrected chi connectivity index (χ2v) is 4.84. The zero-order valence-electron chi connectivity index (χ0n) is 14.2. The van der Waals surface area contributed by atoms with Gasteiger partial charge in [0, 0.05) is 39.5 Å². The Labute approximate surface area is 104 Å². The highest BCUT2D eigenvalue weighted by molar-refractivity contribution is 7.54. The van der Waals surface area contributed by atoms with Crippen molar-refractivity contribution in [2.24, 2.45) is 0 Å². The van der Waals surface area contributed by atoms with Crippen LogP contribution < -0.4 is 5.08 Å². The molecule has 0 spiro atoms. The molecule has 0 saturated carbocycles. The van der Waals surface area contributed by atoms with Crippen LogP contribution in [0.3, 0.4) is 0 Å². The largest absolute Gasteiger partial charge is 0.343 e. The summed E-state index contributed by atoms with van der Waals surface area (Å²) in [5, 5.41) is 0.295. The number of hydrogen-bond acceptors (Lipinski definition) is 2. The van der Waals surface area contributed by atoms with Crippen molar-refractivity contribution in [3.05, 3.63) is 0 Å². The van der Waals surface area contributed by atoms with Crippen molar-refractivity contribution in [1.82, 2.24) is 9.75 Å². The summed E-state index contributed by atoms with van der Waals surface area (Å²) < 4.78 is 70.9. The van der Waals surface area contributed by atoms with Gasteiger partial charge in [-0.05, 0) is 6.37 Å². The average molecular weight is 268 g/mol. The number of alkyl halides is 2. The van der Waals surface area contributed by atoms with Crippen LogP contribution in [0, 0.1) is 0 Å². The van der Waals surface area contributed by atoms with E-state index in [1.807, 2.05) is 0 Å². The van der Waals surface area contributed by atoms with E-state index in [2.05, 4.69) is 0 Å². The molecular formula is C7H15Cl2N2O2P. The summed E-state index contributed by atoms with van der Waals surface area (Å²) in [4.78, 5) is 0. The lowest BCUT2D eigenvalue weighted by molar-refractivity contribution is 0.233. The highest BCUT2D eigenvalue weighted by Gasteiger charge is 2.32. The molecule has 0 radical (unpaired) electrons. The van der Waals surface area contributed by atoms with Gasteiger partial charge in [0.05, 0.1) is 6.61 Å². The van der Waals surface area contributed by atoms with Crippen LogP contribution in [-0.2, 0) is 9.09 Å². The Kier molecular flexibility index (Phi) is 2.64. The second-order valence-electron chi connectivity index (χ2n) is 2.30. The normalized spacial score (nSPS) is 42.6. The molecule has 1 aliphatic heterocycles. The van der Waals surface area contributed by atoms with Crippen LogP contribution in [-0.4, -0.2) is 42.6 Å². The third-order valence-corrected chi connectivity index (χ3v) is 3.55. The van der Waals surface area contributed by atoms with Gasteiger partial charge in [0.25, 0.3) is 0 Å². The molecule has 14 heavy (non-hydrogen) atoms. The van der Waals surface area contributed by atoms with E-state index in [0.29, 0.717) is 9.75 Å². The molecule has 1 unspecified atom stereocenters. The first kappa shape index (κ1) is 5.85. The van der Waals surface area contributed by atoms with Crippen LogP contribution in [0.25, 0.3) is 0 Å². The molecule has 84 valence electrons. The molecule has 0 amide bonds. The molecule has 1 saturated heterocycles. The van der Waals surface area contributed by atoms with E-state index in [1.165, 1.54) is 0 Å². The lowest BCUT2D eigenvalue weighted by atomic mass is 10.5. The van der Waals surface area contributed by atoms with Gasteiger partial charge < -0.3 is 4.52 Å². The van der Waals surface area contributed by atoms with E-state index in [9.17, 15) is 4.57 Å². The molecule has 1 heterocycles. The van der Waals surface area contributed by atoms with Gasteiger partial charge in [0.1, 0.15) is 1.41 Å². The summed E-state index contributed by atoms with van der Waals surface area (Å²) in [5.74, 6) is -3.09. The van der Waals surface area contributed by atoms with E-state index in [4.69, 9.17) is 37.4 Å². The zero-order chi connectivity index (χ0) is 16.7. The van der Waals surface area contributed by atoms with Crippen LogP contribution in [0.2, 0.25) is 1.41 Å². The zero-order valence-corrected chi connectivity index (χ0v) is 9.65.